The van der Waals surface area contributed by atoms with Gasteiger partial charge in [-0.05, 0) is 5.92 Å². The molecule has 0 N–H and O–H groups in total. The van der Waals surface area contributed by atoms with Crippen molar-refractivity contribution in [3.05, 3.63) is 0 Å². The lowest BCUT2D eigenvalue weighted by Crippen LogP contribution is -2.45. The lowest BCUT2D eigenvalue weighted by atomic mass is 10.3. The van der Waals surface area contributed by atoms with Gasteiger partial charge in [-0.1, -0.05) is 10.6 Å². The highest BCUT2D eigenvalue weighted by molar-refractivity contribution is 8.04. The van der Waals surface area contributed by atoms with Crippen molar-refractivity contribution in [3.8, 4) is 0 Å². The fourth-order valence-electron chi connectivity index (χ4n) is 1.15. The highest BCUT2D eigenvalue weighted by atomic mass is 32.3. The van der Waals surface area contributed by atoms with Gasteiger partial charge in [0.05, 0.1) is 11.5 Å². The zero-order valence-corrected chi connectivity index (χ0v) is 8.52. The van der Waals surface area contributed by atoms with Crippen molar-refractivity contribution in [1.29, 1.82) is 0 Å². The third-order valence-corrected chi connectivity index (χ3v) is 6.68. The Morgan fingerprint density at radius 1 is 1.08 bits per heavy atom. The van der Waals surface area contributed by atoms with Gasteiger partial charge in [-0.2, -0.15) is 0 Å². The van der Waals surface area contributed by atoms with E-state index in [-0.39, 0.29) is 17.4 Å². The molecule has 0 aliphatic carbocycles. The van der Waals surface area contributed by atoms with Crippen molar-refractivity contribution in [1.82, 2.24) is 3.71 Å². The van der Waals surface area contributed by atoms with Gasteiger partial charge >= 0.3 is 0 Å². The molecule has 0 unspecified atom stereocenters. The predicted molar refractivity (Wildman–Crippen MR) is 44.5 cm³/mol. The zero-order chi connectivity index (χ0) is 9.57. The second kappa shape index (κ2) is 2.68. The van der Waals surface area contributed by atoms with Crippen LogP contribution >= 0.6 is 0 Å². The first-order valence-electron chi connectivity index (χ1n) is 3.45. The molecule has 0 amide bonds. The van der Waals surface area contributed by atoms with E-state index in [1.54, 1.807) is 6.92 Å². The highest BCUT2D eigenvalue weighted by Gasteiger charge is 2.38. The molecule has 0 aromatic rings. The maximum absolute atomic E-state index is 11.2. The smallest absolute Gasteiger partial charge is 0.211 e. The molecule has 5 nitrogen and oxygen atoms in total. The van der Waals surface area contributed by atoms with Gasteiger partial charge in [0, 0.05) is 7.05 Å². The van der Waals surface area contributed by atoms with Crippen LogP contribution in [0.15, 0.2) is 0 Å². The minimum Gasteiger partial charge on any atom is -0.211 e. The molecule has 7 heteroatoms. The van der Waals surface area contributed by atoms with Gasteiger partial charge in [0.1, 0.15) is 0 Å². The van der Waals surface area contributed by atoms with Crippen LogP contribution in [0, 0.1) is 5.92 Å². The van der Waals surface area contributed by atoms with E-state index in [1.807, 2.05) is 0 Å². The second-order valence-electron chi connectivity index (χ2n) is 3.04. The van der Waals surface area contributed by atoms with E-state index < -0.39 is 20.0 Å². The maximum Gasteiger partial charge on any atom is 0.227 e. The first-order chi connectivity index (χ1) is 5.26. The van der Waals surface area contributed by atoms with Gasteiger partial charge in [-0.15, -0.1) is 0 Å². The van der Waals surface area contributed by atoms with Crippen LogP contribution in [0.3, 0.4) is 0 Å². The van der Waals surface area contributed by atoms with E-state index in [0.29, 0.717) is 3.71 Å². The van der Waals surface area contributed by atoms with Crippen LogP contribution in [0.1, 0.15) is 6.92 Å². The van der Waals surface area contributed by atoms with Crippen molar-refractivity contribution < 1.29 is 16.8 Å². The molecular formula is C5H11NO4S2. The molecule has 0 atom stereocenters. The average Bonchev–Trinajstić information content (AvgIpc) is 1.80. The lowest BCUT2D eigenvalue weighted by Gasteiger charge is -2.25. The number of hydrogen-bond donors (Lipinski definition) is 0. The molecule has 1 aliphatic heterocycles. The van der Waals surface area contributed by atoms with Crippen LogP contribution in [0.5, 0.6) is 0 Å². The maximum atomic E-state index is 11.2. The number of hydrogen-bond acceptors (Lipinski definition) is 4. The molecule has 1 rings (SSSR count). The molecule has 0 saturated carbocycles. The molecule has 1 heterocycles. The molecule has 12 heavy (non-hydrogen) atoms. The van der Waals surface area contributed by atoms with Crippen molar-refractivity contribution in [2.24, 2.45) is 5.92 Å². The monoisotopic (exact) mass is 213 g/mol. The van der Waals surface area contributed by atoms with Crippen molar-refractivity contribution in [2.75, 3.05) is 18.6 Å². The Morgan fingerprint density at radius 3 is 1.75 bits per heavy atom. The molecule has 72 valence electrons. The summed E-state index contributed by atoms with van der Waals surface area (Å²) in [5, 5.41) is 0. The Balaban J connectivity index is 3.18. The minimum atomic E-state index is -3.57. The van der Waals surface area contributed by atoms with Crippen LogP contribution in [-0.2, 0) is 20.0 Å². The third kappa shape index (κ3) is 1.62. The minimum absolute atomic E-state index is 0.0806. The van der Waals surface area contributed by atoms with Gasteiger partial charge < -0.3 is 0 Å². The predicted octanol–water partition coefficient (Wildman–Crippen LogP) is -0.772. The summed E-state index contributed by atoms with van der Waals surface area (Å²) in [6, 6.07) is 0. The fraction of sp³-hybridized carbons (Fsp3) is 1.00. The summed E-state index contributed by atoms with van der Waals surface area (Å²) in [5.41, 5.74) is 0. The molecular weight excluding hydrogens is 202 g/mol. The molecule has 1 fully saturated rings. The molecule has 1 saturated heterocycles. The molecule has 0 radical (unpaired) electrons. The summed E-state index contributed by atoms with van der Waals surface area (Å²) in [7, 11) is -6.07. The Kier molecular flexibility index (Phi) is 2.22. The van der Waals surface area contributed by atoms with E-state index in [1.165, 1.54) is 0 Å². The summed E-state index contributed by atoms with van der Waals surface area (Å²) in [5.74, 6) is -0.470. The highest BCUT2D eigenvalue weighted by Crippen LogP contribution is 2.19. The number of nitrogens with zero attached hydrogens (tertiary/aromatic N) is 1. The Hall–Kier alpha value is -0.140. The standard InChI is InChI=1S/C5H11NO4S2/c1-5-3-11(7,8)6(2)12(9,10)4-5/h5H,3-4H2,1-2H3. The molecule has 0 aromatic carbocycles. The fourth-order valence-corrected chi connectivity index (χ4v) is 5.14. The van der Waals surface area contributed by atoms with Gasteiger partial charge in [0.25, 0.3) is 0 Å². The van der Waals surface area contributed by atoms with Crippen molar-refractivity contribution in [3.63, 3.8) is 0 Å². The number of sulfonamides is 2. The van der Waals surface area contributed by atoms with E-state index in [0.717, 1.165) is 7.05 Å². The molecule has 0 aromatic heterocycles. The largest absolute Gasteiger partial charge is 0.227 e. The van der Waals surface area contributed by atoms with E-state index in [4.69, 9.17) is 0 Å². The third-order valence-electron chi connectivity index (χ3n) is 1.77. The molecule has 1 aliphatic rings. The number of rotatable bonds is 0. The van der Waals surface area contributed by atoms with E-state index in [9.17, 15) is 16.8 Å². The van der Waals surface area contributed by atoms with E-state index >= 15 is 0 Å². The summed E-state index contributed by atoms with van der Waals surface area (Å²) in [6.07, 6.45) is 0. The molecule has 0 spiro atoms. The summed E-state index contributed by atoms with van der Waals surface area (Å²) >= 11 is 0. The van der Waals surface area contributed by atoms with Gasteiger partial charge in [-0.25, -0.2) is 16.8 Å². The normalized spacial score (nSPS) is 30.2. The zero-order valence-electron chi connectivity index (χ0n) is 6.89. The van der Waals surface area contributed by atoms with Crippen LogP contribution in [0.2, 0.25) is 0 Å². The van der Waals surface area contributed by atoms with Crippen LogP contribution < -0.4 is 0 Å². The van der Waals surface area contributed by atoms with Gasteiger partial charge in [0.15, 0.2) is 0 Å². The summed E-state index contributed by atoms with van der Waals surface area (Å²) in [4.78, 5) is 0. The van der Waals surface area contributed by atoms with Crippen LogP contribution in [0.4, 0.5) is 0 Å². The summed E-state index contributed by atoms with van der Waals surface area (Å²) < 4.78 is 45.1. The molecule has 0 bridgehead atoms. The van der Waals surface area contributed by atoms with E-state index in [2.05, 4.69) is 0 Å². The van der Waals surface area contributed by atoms with Crippen LogP contribution in [0.25, 0.3) is 0 Å². The van der Waals surface area contributed by atoms with Crippen molar-refractivity contribution in [2.45, 2.75) is 6.92 Å². The second-order valence-corrected chi connectivity index (χ2v) is 7.36. The summed E-state index contributed by atoms with van der Waals surface area (Å²) in [6.45, 7) is 1.61. The quantitative estimate of drug-likeness (QED) is 0.529. The van der Waals surface area contributed by atoms with Crippen molar-refractivity contribution >= 4 is 20.0 Å². The topological polar surface area (TPSA) is 71.5 Å². The van der Waals surface area contributed by atoms with Gasteiger partial charge in [-0.3, -0.25) is 0 Å². The Labute approximate surface area is 72.5 Å². The first-order valence-corrected chi connectivity index (χ1v) is 6.67. The SMILES string of the molecule is CC1CS(=O)(=O)N(C)S(=O)(=O)C1. The lowest BCUT2D eigenvalue weighted by molar-refractivity contribution is 0.496. The first kappa shape index (κ1) is 9.94. The average molecular weight is 213 g/mol. The van der Waals surface area contributed by atoms with Gasteiger partial charge in [0.2, 0.25) is 20.0 Å². The Morgan fingerprint density at radius 2 is 1.42 bits per heavy atom. The Bertz CT molecular complexity index is 332. The van der Waals surface area contributed by atoms with Crippen LogP contribution in [-0.4, -0.2) is 39.1 Å².